The van der Waals surface area contributed by atoms with Crippen LogP contribution < -0.4 is 14.8 Å². The Hall–Kier alpha value is -2.23. The lowest BCUT2D eigenvalue weighted by atomic mass is 9.46. The van der Waals surface area contributed by atoms with Gasteiger partial charge in [-0.05, 0) is 78.4 Å². The van der Waals surface area contributed by atoms with Crippen molar-refractivity contribution in [3.63, 3.8) is 0 Å². The number of rotatable bonds is 6. The van der Waals surface area contributed by atoms with Gasteiger partial charge >= 0.3 is 6.61 Å². The lowest BCUT2D eigenvalue weighted by molar-refractivity contribution is -0.150. The molecule has 10 heteroatoms. The van der Waals surface area contributed by atoms with Gasteiger partial charge in [0.2, 0.25) is 10.6 Å². The highest BCUT2D eigenvalue weighted by atomic mass is 79.9. The fourth-order valence-electron chi connectivity index (χ4n) is 6.42. The highest BCUT2D eigenvalue weighted by Gasteiger charge is 2.61. The molecule has 2 atom stereocenters. The van der Waals surface area contributed by atoms with E-state index in [2.05, 4.69) is 36.1 Å². The van der Waals surface area contributed by atoms with E-state index in [1.165, 1.54) is 19.2 Å². The van der Waals surface area contributed by atoms with Gasteiger partial charge in [0.25, 0.3) is 0 Å². The number of methoxy groups -OCH3 is 1. The lowest BCUT2D eigenvalue weighted by Crippen LogP contribution is -2.60. The summed E-state index contributed by atoms with van der Waals surface area (Å²) in [5, 5.41) is 7.54. The largest absolute Gasteiger partial charge is 0.493 e. The Kier molecular flexibility index (Phi) is 4.95. The Morgan fingerprint density at radius 3 is 2.61 bits per heavy atom. The number of carbonyl (C=O) groups excluding carboxylic acids is 1. The first kappa shape index (κ1) is 20.7. The second kappa shape index (κ2) is 7.43. The Morgan fingerprint density at radius 1 is 1.26 bits per heavy atom. The van der Waals surface area contributed by atoms with Gasteiger partial charge in [0.15, 0.2) is 11.5 Å². The number of halogens is 3. The van der Waals surface area contributed by atoms with Crippen molar-refractivity contribution in [3.8, 4) is 11.5 Å². The zero-order valence-corrected chi connectivity index (χ0v) is 18.6. The first-order valence-electron chi connectivity index (χ1n) is 10.3. The fourth-order valence-corrected chi connectivity index (χ4v) is 6.68. The van der Waals surface area contributed by atoms with Gasteiger partial charge in [-0.3, -0.25) is 4.79 Å². The van der Waals surface area contributed by atoms with E-state index in [0.29, 0.717) is 22.3 Å². The molecule has 4 aliphatic carbocycles. The number of nitrogens with one attached hydrogen (secondary N) is 1. The summed E-state index contributed by atoms with van der Waals surface area (Å²) in [6.07, 6.45) is 7.38. The quantitative estimate of drug-likeness (QED) is 0.632. The molecule has 2 aromatic rings. The molecule has 166 valence electrons. The van der Waals surface area contributed by atoms with Crippen molar-refractivity contribution in [2.45, 2.75) is 50.7 Å². The predicted molar refractivity (Wildman–Crippen MR) is 111 cm³/mol. The lowest BCUT2D eigenvalue weighted by Gasteiger charge is -2.60. The monoisotopic (exact) mass is 496 g/mol. The molecule has 6 rings (SSSR count). The summed E-state index contributed by atoms with van der Waals surface area (Å²) < 4.78 is 37.3. The van der Waals surface area contributed by atoms with Gasteiger partial charge < -0.3 is 14.8 Å². The maximum Gasteiger partial charge on any atom is 0.387 e. The van der Waals surface area contributed by atoms with E-state index < -0.39 is 12.0 Å². The van der Waals surface area contributed by atoms with Crippen molar-refractivity contribution in [1.82, 2.24) is 14.8 Å². The van der Waals surface area contributed by atoms with Gasteiger partial charge in [-0.2, -0.15) is 8.78 Å². The molecular formula is C21H23BrF2N4O3. The number of hydrogen-bond donors (Lipinski definition) is 1. The summed E-state index contributed by atoms with van der Waals surface area (Å²) in [5.41, 5.74) is -0.169. The SMILES string of the molecule is COc1cc(NC(=O)C23C[C@@H]4C[C@@H](C2)CC(n2cnc(Br)n2)(C4)C3)ccc1OC(F)F. The molecule has 31 heavy (non-hydrogen) atoms. The van der Waals surface area contributed by atoms with Crippen LogP contribution in [-0.2, 0) is 10.3 Å². The van der Waals surface area contributed by atoms with E-state index in [4.69, 9.17) is 4.74 Å². The van der Waals surface area contributed by atoms with Crippen LogP contribution in [0.1, 0.15) is 38.5 Å². The third-order valence-electron chi connectivity index (χ3n) is 7.10. The third-order valence-corrected chi connectivity index (χ3v) is 7.46. The molecule has 0 unspecified atom stereocenters. The van der Waals surface area contributed by atoms with E-state index in [9.17, 15) is 13.6 Å². The number of alkyl halides is 2. The summed E-state index contributed by atoms with van der Waals surface area (Å²) in [5.74, 6) is 1.00. The fraction of sp³-hybridized carbons (Fsp3) is 0.571. The van der Waals surface area contributed by atoms with Crippen molar-refractivity contribution >= 4 is 27.5 Å². The van der Waals surface area contributed by atoms with Crippen LogP contribution in [0.25, 0.3) is 0 Å². The molecule has 0 saturated heterocycles. The molecule has 1 N–H and O–H groups in total. The number of benzene rings is 1. The average molecular weight is 497 g/mol. The van der Waals surface area contributed by atoms with E-state index in [1.54, 1.807) is 12.4 Å². The highest BCUT2D eigenvalue weighted by molar-refractivity contribution is 9.10. The summed E-state index contributed by atoms with van der Waals surface area (Å²) in [6.45, 7) is -2.95. The van der Waals surface area contributed by atoms with Gasteiger partial charge in [-0.25, -0.2) is 9.67 Å². The molecular weight excluding hydrogens is 474 g/mol. The average Bonchev–Trinajstić information content (AvgIpc) is 3.15. The second-order valence-electron chi connectivity index (χ2n) is 9.12. The van der Waals surface area contributed by atoms with Crippen molar-refractivity contribution in [1.29, 1.82) is 0 Å². The molecule has 4 aliphatic rings. The van der Waals surface area contributed by atoms with E-state index in [0.717, 1.165) is 38.5 Å². The van der Waals surface area contributed by atoms with Gasteiger partial charge in [-0.15, -0.1) is 5.10 Å². The van der Waals surface area contributed by atoms with E-state index in [-0.39, 0.29) is 22.9 Å². The molecule has 1 heterocycles. The number of aromatic nitrogens is 3. The normalized spacial score (nSPS) is 31.1. The number of carbonyl (C=O) groups is 1. The van der Waals surface area contributed by atoms with E-state index >= 15 is 0 Å². The maximum absolute atomic E-state index is 13.5. The second-order valence-corrected chi connectivity index (χ2v) is 9.83. The molecule has 1 aromatic carbocycles. The van der Waals surface area contributed by atoms with Crippen LogP contribution in [0.2, 0.25) is 0 Å². The molecule has 4 bridgehead atoms. The van der Waals surface area contributed by atoms with Crippen molar-refractivity contribution < 1.29 is 23.0 Å². The van der Waals surface area contributed by atoms with Gasteiger partial charge in [0.1, 0.15) is 6.33 Å². The van der Waals surface area contributed by atoms with Crippen molar-refractivity contribution in [2.24, 2.45) is 17.3 Å². The number of hydrogen-bond acceptors (Lipinski definition) is 5. The minimum Gasteiger partial charge on any atom is -0.493 e. The Balaban J connectivity index is 1.40. The van der Waals surface area contributed by atoms with Crippen LogP contribution in [0.15, 0.2) is 29.3 Å². The predicted octanol–water partition coefficient (Wildman–Crippen LogP) is 4.58. The molecule has 0 radical (unpaired) electrons. The molecule has 1 amide bonds. The molecule has 4 fully saturated rings. The number of nitrogens with zero attached hydrogens (tertiary/aromatic N) is 3. The smallest absolute Gasteiger partial charge is 0.387 e. The summed E-state index contributed by atoms with van der Waals surface area (Å²) in [4.78, 5) is 17.8. The minimum atomic E-state index is -2.95. The standard InChI is InChI=1S/C21H23BrF2N4O3/c1-30-16-5-14(2-3-15(16)31-19(23)24)26-17(29)20-6-12-4-13(7-20)9-21(8-12,10-20)28-11-25-18(22)27-28/h2-3,5,11-13,19H,4,6-10H2,1H3,(H,26,29)/t12-,13-,20?,21?/m0/s1. The van der Waals surface area contributed by atoms with Crippen LogP contribution in [0.3, 0.4) is 0 Å². The zero-order valence-electron chi connectivity index (χ0n) is 17.0. The van der Waals surface area contributed by atoms with Crippen LogP contribution in [0.5, 0.6) is 11.5 Å². The Bertz CT molecular complexity index is 1000. The van der Waals surface area contributed by atoms with Crippen LogP contribution >= 0.6 is 15.9 Å². The summed E-state index contributed by atoms with van der Waals surface area (Å²) in [7, 11) is 1.37. The first-order chi connectivity index (χ1) is 14.8. The summed E-state index contributed by atoms with van der Waals surface area (Å²) >= 11 is 3.34. The van der Waals surface area contributed by atoms with Gasteiger partial charge in [0.05, 0.1) is 18.1 Å². The summed E-state index contributed by atoms with van der Waals surface area (Å²) in [6, 6.07) is 4.46. The molecule has 7 nitrogen and oxygen atoms in total. The molecule has 4 saturated carbocycles. The first-order valence-corrected chi connectivity index (χ1v) is 11.1. The van der Waals surface area contributed by atoms with Crippen LogP contribution in [-0.4, -0.2) is 34.4 Å². The third kappa shape index (κ3) is 3.58. The van der Waals surface area contributed by atoms with Crippen molar-refractivity contribution in [2.75, 3.05) is 12.4 Å². The van der Waals surface area contributed by atoms with Crippen LogP contribution in [0, 0.1) is 17.3 Å². The highest BCUT2D eigenvalue weighted by Crippen LogP contribution is 2.64. The number of ether oxygens (including phenoxy) is 2. The molecule has 0 aliphatic heterocycles. The van der Waals surface area contributed by atoms with Gasteiger partial charge in [-0.1, -0.05) is 0 Å². The van der Waals surface area contributed by atoms with Crippen LogP contribution in [0.4, 0.5) is 14.5 Å². The topological polar surface area (TPSA) is 78.3 Å². The number of amides is 1. The Morgan fingerprint density at radius 2 is 2.00 bits per heavy atom. The number of anilines is 1. The molecule has 1 aromatic heterocycles. The molecule has 0 spiro atoms. The Labute approximate surface area is 186 Å². The zero-order chi connectivity index (χ0) is 21.8. The minimum absolute atomic E-state index is 0.0327. The van der Waals surface area contributed by atoms with Crippen molar-refractivity contribution in [3.05, 3.63) is 29.3 Å². The van der Waals surface area contributed by atoms with E-state index in [1.807, 2.05) is 4.68 Å². The maximum atomic E-state index is 13.5. The van der Waals surface area contributed by atoms with Gasteiger partial charge in [0, 0.05) is 11.8 Å².